The van der Waals surface area contributed by atoms with Gasteiger partial charge in [0.1, 0.15) is 0 Å². The van der Waals surface area contributed by atoms with E-state index in [2.05, 4.69) is 0 Å². The van der Waals surface area contributed by atoms with Crippen LogP contribution in [-0.4, -0.2) is 59.6 Å². The van der Waals surface area contributed by atoms with E-state index in [1.807, 2.05) is 13.0 Å². The Labute approximate surface area is 178 Å². The Morgan fingerprint density at radius 1 is 0.967 bits per heavy atom. The molecule has 154 valence electrons. The molecule has 0 saturated carbocycles. The van der Waals surface area contributed by atoms with Crippen LogP contribution in [0.3, 0.4) is 0 Å². The van der Waals surface area contributed by atoms with Crippen molar-refractivity contribution in [3.05, 3.63) is 69.2 Å². The number of amides is 3. The normalized spacial score (nSPS) is 23.2. The lowest BCUT2D eigenvalue weighted by Crippen LogP contribution is -2.51. The monoisotopic (exact) mass is 426 g/mol. The van der Waals surface area contributed by atoms with Crippen LogP contribution in [0, 0.1) is 6.92 Å². The molecular formula is C22H19ClN2O5. The van der Waals surface area contributed by atoms with Crippen LogP contribution >= 0.6 is 11.6 Å². The average molecular weight is 427 g/mol. The number of hydrogen-bond acceptors (Lipinski definition) is 5. The predicted molar refractivity (Wildman–Crippen MR) is 107 cm³/mol. The first-order valence-corrected chi connectivity index (χ1v) is 10.1. The van der Waals surface area contributed by atoms with Crippen molar-refractivity contribution >= 4 is 29.3 Å². The van der Waals surface area contributed by atoms with Crippen LogP contribution in [0.4, 0.5) is 0 Å². The second-order valence-electron chi connectivity index (χ2n) is 7.72. The smallest absolute Gasteiger partial charge is 0.261 e. The molecule has 1 saturated heterocycles. The van der Waals surface area contributed by atoms with Gasteiger partial charge < -0.3 is 14.4 Å². The summed E-state index contributed by atoms with van der Waals surface area (Å²) in [6.45, 7) is 2.96. The molecular weight excluding hydrogens is 408 g/mol. The summed E-state index contributed by atoms with van der Waals surface area (Å²) in [4.78, 5) is 40.8. The summed E-state index contributed by atoms with van der Waals surface area (Å²) in [6.07, 6.45) is -0.619. The van der Waals surface area contributed by atoms with E-state index in [9.17, 15) is 14.4 Å². The molecule has 1 fully saturated rings. The number of aryl methyl sites for hydroxylation is 1. The Bertz CT molecular complexity index is 1040. The highest BCUT2D eigenvalue weighted by Crippen LogP contribution is 2.30. The van der Waals surface area contributed by atoms with Gasteiger partial charge in [-0.15, -0.1) is 0 Å². The molecule has 3 amide bonds. The van der Waals surface area contributed by atoms with Gasteiger partial charge in [0.05, 0.1) is 36.9 Å². The molecule has 8 heteroatoms. The molecule has 3 aliphatic heterocycles. The number of halogens is 1. The molecule has 0 N–H and O–H groups in total. The molecule has 0 radical (unpaired) electrons. The molecule has 0 atom stereocenters. The van der Waals surface area contributed by atoms with E-state index in [1.54, 1.807) is 35.2 Å². The van der Waals surface area contributed by atoms with Crippen molar-refractivity contribution in [3.8, 4) is 0 Å². The molecule has 2 aromatic rings. The fourth-order valence-corrected chi connectivity index (χ4v) is 4.34. The minimum atomic E-state index is -0.619. The van der Waals surface area contributed by atoms with Gasteiger partial charge in [-0.25, -0.2) is 0 Å². The molecule has 3 aliphatic rings. The lowest BCUT2D eigenvalue weighted by Gasteiger charge is -2.35. The first-order valence-electron chi connectivity index (χ1n) is 9.72. The second-order valence-corrected chi connectivity index (χ2v) is 8.13. The summed E-state index contributed by atoms with van der Waals surface area (Å²) < 4.78 is 11.5. The Kier molecular flexibility index (Phi) is 4.61. The number of carbonyl (C=O) groups is 3. The number of nitrogens with zero attached hydrogens (tertiary/aromatic N) is 2. The third-order valence-corrected chi connectivity index (χ3v) is 6.18. The first kappa shape index (κ1) is 19.2. The van der Waals surface area contributed by atoms with Crippen LogP contribution in [0.25, 0.3) is 0 Å². The molecule has 5 rings (SSSR count). The van der Waals surface area contributed by atoms with Gasteiger partial charge in [-0.3, -0.25) is 19.3 Å². The Hall–Kier alpha value is -2.74. The predicted octanol–water partition coefficient (Wildman–Crippen LogP) is 2.64. The number of hydrogen-bond donors (Lipinski definition) is 0. The molecule has 3 heterocycles. The zero-order valence-electron chi connectivity index (χ0n) is 16.3. The summed E-state index contributed by atoms with van der Waals surface area (Å²) in [7, 11) is 0. The van der Waals surface area contributed by atoms with Gasteiger partial charge in [0.15, 0.2) is 6.29 Å². The maximum atomic E-state index is 12.7. The Balaban J connectivity index is 1.22. The summed E-state index contributed by atoms with van der Waals surface area (Å²) in [5, 5.41) is 0.568. The summed E-state index contributed by atoms with van der Waals surface area (Å²) in [6, 6.07) is 9.89. The molecule has 0 aliphatic carbocycles. The van der Waals surface area contributed by atoms with Gasteiger partial charge in [-0.05, 0) is 36.2 Å². The number of ether oxygens (including phenoxy) is 2. The SMILES string of the molecule is Cc1cc2c(cc1Cl)C(=O)N(CC1OCC(N3C(=O)c4ccccc4C3=O)CO1)C2. The lowest BCUT2D eigenvalue weighted by atomic mass is 10.1. The van der Waals surface area contributed by atoms with Crippen molar-refractivity contribution in [2.45, 2.75) is 25.8 Å². The largest absolute Gasteiger partial charge is 0.349 e. The minimum Gasteiger partial charge on any atom is -0.349 e. The van der Waals surface area contributed by atoms with Gasteiger partial charge in [0, 0.05) is 17.1 Å². The number of benzene rings is 2. The Morgan fingerprint density at radius 3 is 2.23 bits per heavy atom. The molecule has 7 nitrogen and oxygen atoms in total. The van der Waals surface area contributed by atoms with Crippen molar-refractivity contribution < 1.29 is 23.9 Å². The zero-order valence-corrected chi connectivity index (χ0v) is 17.0. The molecule has 30 heavy (non-hydrogen) atoms. The van der Waals surface area contributed by atoms with Crippen molar-refractivity contribution in [3.63, 3.8) is 0 Å². The van der Waals surface area contributed by atoms with Crippen LogP contribution in [0.15, 0.2) is 36.4 Å². The maximum absolute atomic E-state index is 12.7. The third kappa shape index (κ3) is 3.01. The van der Waals surface area contributed by atoms with E-state index in [0.29, 0.717) is 28.3 Å². The van der Waals surface area contributed by atoms with Crippen LogP contribution in [0.2, 0.25) is 5.02 Å². The number of carbonyl (C=O) groups excluding carboxylic acids is 3. The highest BCUT2D eigenvalue weighted by molar-refractivity contribution is 6.31. The van der Waals surface area contributed by atoms with E-state index in [1.165, 1.54) is 4.90 Å². The highest BCUT2D eigenvalue weighted by atomic mass is 35.5. The second kappa shape index (κ2) is 7.19. The standard InChI is InChI=1S/C22H19ClN2O5/c1-12-6-13-8-24(20(26)17(13)7-18(12)23)9-19-29-10-14(11-30-19)25-21(27)15-4-2-3-5-16(15)22(25)28/h2-7,14,19H,8-11H2,1H3. The fourth-order valence-electron chi connectivity index (χ4n) is 4.17. The van der Waals surface area contributed by atoms with Crippen molar-refractivity contribution in [1.29, 1.82) is 0 Å². The quantitative estimate of drug-likeness (QED) is 0.705. The van der Waals surface area contributed by atoms with Crippen molar-refractivity contribution in [1.82, 2.24) is 9.80 Å². The number of fused-ring (bicyclic) bond motifs is 2. The van der Waals surface area contributed by atoms with Crippen LogP contribution < -0.4 is 0 Å². The highest BCUT2D eigenvalue weighted by Gasteiger charge is 2.42. The van der Waals surface area contributed by atoms with Crippen LogP contribution in [0.5, 0.6) is 0 Å². The van der Waals surface area contributed by atoms with E-state index < -0.39 is 12.3 Å². The topological polar surface area (TPSA) is 76.2 Å². The van der Waals surface area contributed by atoms with Gasteiger partial charge >= 0.3 is 0 Å². The van der Waals surface area contributed by atoms with Crippen molar-refractivity contribution in [2.24, 2.45) is 0 Å². The average Bonchev–Trinajstić information content (AvgIpc) is 3.17. The fraction of sp³-hybridized carbons (Fsp3) is 0.318. The van der Waals surface area contributed by atoms with E-state index >= 15 is 0 Å². The van der Waals surface area contributed by atoms with Gasteiger partial charge in [-0.2, -0.15) is 0 Å². The summed E-state index contributed by atoms with van der Waals surface area (Å²) in [5.74, 6) is -0.770. The molecule has 0 spiro atoms. The van der Waals surface area contributed by atoms with Gasteiger partial charge in [0.25, 0.3) is 17.7 Å². The molecule has 2 aromatic carbocycles. The summed E-state index contributed by atoms with van der Waals surface area (Å²) in [5.41, 5.74) is 3.27. The number of imide groups is 1. The molecule has 0 bridgehead atoms. The van der Waals surface area contributed by atoms with Gasteiger partial charge in [0.2, 0.25) is 0 Å². The van der Waals surface area contributed by atoms with E-state index in [-0.39, 0.29) is 37.5 Å². The van der Waals surface area contributed by atoms with E-state index in [0.717, 1.165) is 11.1 Å². The van der Waals surface area contributed by atoms with Crippen LogP contribution in [-0.2, 0) is 16.0 Å². The Morgan fingerprint density at radius 2 is 1.60 bits per heavy atom. The lowest BCUT2D eigenvalue weighted by molar-refractivity contribution is -0.201. The van der Waals surface area contributed by atoms with E-state index in [4.69, 9.17) is 21.1 Å². The third-order valence-electron chi connectivity index (χ3n) is 5.77. The molecule has 0 unspecified atom stereocenters. The first-order chi connectivity index (χ1) is 14.4. The minimum absolute atomic E-state index is 0.110. The van der Waals surface area contributed by atoms with Crippen LogP contribution in [0.1, 0.15) is 42.2 Å². The maximum Gasteiger partial charge on any atom is 0.261 e. The zero-order chi connectivity index (χ0) is 21.0. The number of rotatable bonds is 3. The van der Waals surface area contributed by atoms with Crippen molar-refractivity contribution in [2.75, 3.05) is 19.8 Å². The molecule has 0 aromatic heterocycles. The summed E-state index contributed by atoms with van der Waals surface area (Å²) >= 11 is 6.15. The van der Waals surface area contributed by atoms with Gasteiger partial charge in [-0.1, -0.05) is 29.8 Å².